The van der Waals surface area contributed by atoms with Gasteiger partial charge in [-0.2, -0.15) is 0 Å². The number of pyridine rings is 1. The molecule has 4 heteroatoms. The number of carbonyl (C=O) groups excluding carboxylic acids is 1. The number of nitrogens with one attached hydrogen (secondary N) is 1. The molecule has 0 aliphatic carbocycles. The Hall–Kier alpha value is -1.94. The number of rotatable bonds is 2. The number of benzene rings is 1. The van der Waals surface area contributed by atoms with Crippen molar-refractivity contribution in [1.29, 1.82) is 0 Å². The lowest BCUT2D eigenvalue weighted by Crippen LogP contribution is -2.36. The molecule has 0 aliphatic heterocycles. The number of fused-ring (bicyclic) bond motifs is 1. The number of aliphatic hydroxyl groups is 1. The van der Waals surface area contributed by atoms with E-state index >= 15 is 0 Å². The Balaban J connectivity index is 2.40. The second kappa shape index (κ2) is 4.14. The van der Waals surface area contributed by atoms with Crippen molar-refractivity contribution in [2.24, 2.45) is 0 Å². The van der Waals surface area contributed by atoms with Gasteiger partial charge in [-0.05, 0) is 26.0 Å². The van der Waals surface area contributed by atoms with Crippen LogP contribution in [-0.2, 0) is 4.79 Å². The first-order valence-corrected chi connectivity index (χ1v) is 5.36. The van der Waals surface area contributed by atoms with Crippen LogP contribution in [0.15, 0.2) is 36.5 Å². The van der Waals surface area contributed by atoms with Gasteiger partial charge in [-0.25, -0.2) is 0 Å². The van der Waals surface area contributed by atoms with E-state index in [2.05, 4.69) is 10.3 Å². The molecule has 0 saturated carbocycles. The monoisotopic (exact) mass is 230 g/mol. The quantitative estimate of drug-likeness (QED) is 0.828. The predicted octanol–water partition coefficient (Wildman–Crippen LogP) is 1.94. The summed E-state index contributed by atoms with van der Waals surface area (Å²) in [4.78, 5) is 15.9. The van der Waals surface area contributed by atoms with Gasteiger partial charge in [0.2, 0.25) is 0 Å². The Labute approximate surface area is 99.3 Å². The molecular weight excluding hydrogens is 216 g/mol. The number of para-hydroxylation sites is 1. The molecule has 0 spiro atoms. The van der Waals surface area contributed by atoms with E-state index in [1.165, 1.54) is 13.8 Å². The minimum Gasteiger partial charge on any atom is -0.381 e. The standard InChI is InChI=1S/C13H14N2O2/c1-13(2,17)12(16)15-10-7-3-5-9-6-4-8-14-11(9)10/h3-8,17H,1-2H3,(H,15,16). The molecule has 2 N–H and O–H groups in total. The largest absolute Gasteiger partial charge is 0.381 e. The third kappa shape index (κ3) is 2.42. The Morgan fingerprint density at radius 1 is 1.29 bits per heavy atom. The first-order chi connectivity index (χ1) is 7.98. The minimum atomic E-state index is -1.41. The molecule has 1 heterocycles. The van der Waals surface area contributed by atoms with Crippen LogP contribution in [0.3, 0.4) is 0 Å². The van der Waals surface area contributed by atoms with Crippen LogP contribution in [0.5, 0.6) is 0 Å². The summed E-state index contributed by atoms with van der Waals surface area (Å²) in [6.07, 6.45) is 1.67. The SMILES string of the molecule is CC(C)(O)C(=O)Nc1cccc2cccnc12. The summed E-state index contributed by atoms with van der Waals surface area (Å²) >= 11 is 0. The number of carbonyl (C=O) groups is 1. The number of hydrogen-bond donors (Lipinski definition) is 2. The van der Waals surface area contributed by atoms with Gasteiger partial charge in [0.1, 0.15) is 5.60 Å². The van der Waals surface area contributed by atoms with E-state index in [0.717, 1.165) is 5.39 Å². The van der Waals surface area contributed by atoms with Crippen molar-refractivity contribution < 1.29 is 9.90 Å². The summed E-state index contributed by atoms with van der Waals surface area (Å²) < 4.78 is 0. The van der Waals surface area contributed by atoms with Gasteiger partial charge in [0, 0.05) is 11.6 Å². The van der Waals surface area contributed by atoms with E-state index in [4.69, 9.17) is 0 Å². The number of amides is 1. The van der Waals surface area contributed by atoms with Gasteiger partial charge in [0.15, 0.2) is 0 Å². The number of hydrogen-bond acceptors (Lipinski definition) is 3. The first-order valence-electron chi connectivity index (χ1n) is 5.36. The number of nitrogens with zero attached hydrogens (tertiary/aromatic N) is 1. The molecular formula is C13H14N2O2. The molecule has 0 saturated heterocycles. The molecule has 0 atom stereocenters. The number of anilines is 1. The van der Waals surface area contributed by atoms with Gasteiger partial charge in [-0.1, -0.05) is 18.2 Å². The van der Waals surface area contributed by atoms with Crippen LogP contribution in [0.25, 0.3) is 10.9 Å². The van der Waals surface area contributed by atoms with Crippen molar-refractivity contribution in [1.82, 2.24) is 4.98 Å². The summed E-state index contributed by atoms with van der Waals surface area (Å²) in [7, 11) is 0. The van der Waals surface area contributed by atoms with E-state index in [9.17, 15) is 9.90 Å². The first kappa shape index (κ1) is 11.5. The van der Waals surface area contributed by atoms with Crippen molar-refractivity contribution in [2.75, 3.05) is 5.32 Å². The maximum Gasteiger partial charge on any atom is 0.255 e. The second-order valence-electron chi connectivity index (χ2n) is 4.39. The molecule has 0 radical (unpaired) electrons. The van der Waals surface area contributed by atoms with Crippen LogP contribution in [-0.4, -0.2) is 21.6 Å². The van der Waals surface area contributed by atoms with Gasteiger partial charge < -0.3 is 10.4 Å². The summed E-state index contributed by atoms with van der Waals surface area (Å²) in [5.41, 5.74) is -0.0837. The molecule has 0 fully saturated rings. The fourth-order valence-corrected chi connectivity index (χ4v) is 1.48. The molecule has 2 aromatic rings. The fraction of sp³-hybridized carbons (Fsp3) is 0.231. The molecule has 1 aromatic heterocycles. The van der Waals surface area contributed by atoms with Crippen LogP contribution in [0.1, 0.15) is 13.8 Å². The predicted molar refractivity (Wildman–Crippen MR) is 66.7 cm³/mol. The molecule has 0 bridgehead atoms. The highest BCUT2D eigenvalue weighted by molar-refractivity contribution is 6.03. The van der Waals surface area contributed by atoms with Crippen molar-refractivity contribution in [3.63, 3.8) is 0 Å². The van der Waals surface area contributed by atoms with Gasteiger partial charge in [-0.15, -0.1) is 0 Å². The summed E-state index contributed by atoms with van der Waals surface area (Å²) in [5, 5.41) is 13.2. The van der Waals surface area contributed by atoms with E-state index in [0.29, 0.717) is 11.2 Å². The average Bonchev–Trinajstić information content (AvgIpc) is 2.28. The minimum absolute atomic E-state index is 0.448. The highest BCUT2D eigenvalue weighted by Crippen LogP contribution is 2.21. The molecule has 1 aromatic carbocycles. The molecule has 88 valence electrons. The third-order valence-corrected chi connectivity index (χ3v) is 2.44. The molecule has 0 aliphatic rings. The lowest BCUT2D eigenvalue weighted by atomic mass is 10.1. The Bertz CT molecular complexity index is 553. The van der Waals surface area contributed by atoms with Gasteiger partial charge in [-0.3, -0.25) is 9.78 Å². The maximum absolute atomic E-state index is 11.7. The van der Waals surface area contributed by atoms with Gasteiger partial charge in [0.05, 0.1) is 11.2 Å². The van der Waals surface area contributed by atoms with Crippen molar-refractivity contribution in [3.8, 4) is 0 Å². The lowest BCUT2D eigenvalue weighted by Gasteiger charge is -2.17. The normalized spacial score (nSPS) is 11.5. The zero-order chi connectivity index (χ0) is 12.5. The average molecular weight is 230 g/mol. The Kier molecular flexibility index (Phi) is 2.81. The van der Waals surface area contributed by atoms with Gasteiger partial charge >= 0.3 is 0 Å². The zero-order valence-corrected chi connectivity index (χ0v) is 9.77. The smallest absolute Gasteiger partial charge is 0.255 e. The van der Waals surface area contributed by atoms with E-state index in [-0.39, 0.29) is 0 Å². The topological polar surface area (TPSA) is 62.2 Å². The number of aromatic nitrogens is 1. The third-order valence-electron chi connectivity index (χ3n) is 2.44. The van der Waals surface area contributed by atoms with Crippen LogP contribution in [0.4, 0.5) is 5.69 Å². The van der Waals surface area contributed by atoms with Gasteiger partial charge in [0.25, 0.3) is 5.91 Å². The van der Waals surface area contributed by atoms with Crippen LogP contribution in [0, 0.1) is 0 Å². The lowest BCUT2D eigenvalue weighted by molar-refractivity contribution is -0.130. The van der Waals surface area contributed by atoms with Crippen molar-refractivity contribution >= 4 is 22.5 Å². The van der Waals surface area contributed by atoms with Crippen LogP contribution in [0.2, 0.25) is 0 Å². The molecule has 4 nitrogen and oxygen atoms in total. The fourth-order valence-electron chi connectivity index (χ4n) is 1.48. The van der Waals surface area contributed by atoms with E-state index in [1.807, 2.05) is 24.3 Å². The second-order valence-corrected chi connectivity index (χ2v) is 4.39. The van der Waals surface area contributed by atoms with Crippen molar-refractivity contribution in [2.45, 2.75) is 19.4 Å². The van der Waals surface area contributed by atoms with Crippen LogP contribution < -0.4 is 5.32 Å². The highest BCUT2D eigenvalue weighted by Gasteiger charge is 2.24. The molecule has 1 amide bonds. The molecule has 17 heavy (non-hydrogen) atoms. The zero-order valence-electron chi connectivity index (χ0n) is 9.77. The highest BCUT2D eigenvalue weighted by atomic mass is 16.3. The summed E-state index contributed by atoms with van der Waals surface area (Å²) in [5.74, 6) is -0.448. The Morgan fingerprint density at radius 2 is 2.00 bits per heavy atom. The van der Waals surface area contributed by atoms with Crippen LogP contribution >= 0.6 is 0 Å². The molecule has 0 unspecified atom stereocenters. The van der Waals surface area contributed by atoms with E-state index < -0.39 is 11.5 Å². The molecule has 2 rings (SSSR count). The maximum atomic E-state index is 11.7. The Morgan fingerprint density at radius 3 is 2.71 bits per heavy atom. The summed E-state index contributed by atoms with van der Waals surface area (Å²) in [6.45, 7) is 2.89. The summed E-state index contributed by atoms with van der Waals surface area (Å²) in [6, 6.07) is 9.27. The van der Waals surface area contributed by atoms with Crippen molar-refractivity contribution in [3.05, 3.63) is 36.5 Å². The van der Waals surface area contributed by atoms with E-state index in [1.54, 1.807) is 12.3 Å².